The van der Waals surface area contributed by atoms with Crippen molar-refractivity contribution in [3.63, 3.8) is 0 Å². The van der Waals surface area contributed by atoms with Crippen LogP contribution in [0.3, 0.4) is 0 Å². The zero-order chi connectivity index (χ0) is 11.9. The molecule has 5 heteroatoms. The first-order valence-electron chi connectivity index (χ1n) is 5.86. The molecule has 0 spiro atoms. The first-order valence-corrected chi connectivity index (χ1v) is 5.86. The molecule has 0 saturated heterocycles. The minimum atomic E-state index is -0.593. The van der Waals surface area contributed by atoms with E-state index in [-0.39, 0.29) is 29.1 Å². The van der Waals surface area contributed by atoms with Crippen molar-refractivity contribution in [2.45, 2.75) is 45.3 Å². The average molecular weight is 228 g/mol. The first kappa shape index (κ1) is 11.8. The van der Waals surface area contributed by atoms with Crippen LogP contribution in [0.5, 0.6) is 0 Å². The van der Waals surface area contributed by atoms with E-state index in [2.05, 4.69) is 0 Å². The maximum atomic E-state index is 11.9. The highest BCUT2D eigenvalue weighted by Crippen LogP contribution is 2.50. The molecular formula is C11H18NO4-. The van der Waals surface area contributed by atoms with Gasteiger partial charge in [0.15, 0.2) is 0 Å². The number of fused-ring (bicyclic) bond motifs is 2. The minimum absolute atomic E-state index is 0.0317. The van der Waals surface area contributed by atoms with Crippen LogP contribution in [0.1, 0.15) is 33.1 Å². The van der Waals surface area contributed by atoms with Gasteiger partial charge in [0.25, 0.3) is 0 Å². The molecule has 0 radical (unpaired) electrons. The van der Waals surface area contributed by atoms with E-state index in [0.717, 1.165) is 19.3 Å². The molecule has 4 unspecified atom stereocenters. The summed E-state index contributed by atoms with van der Waals surface area (Å²) < 4.78 is 5.15. The van der Waals surface area contributed by atoms with Gasteiger partial charge in [0.05, 0.1) is 12.0 Å². The third kappa shape index (κ3) is 1.95. The molecule has 0 aliphatic heterocycles. The Labute approximate surface area is 94.9 Å². The molecule has 0 amide bonds. The average Bonchev–Trinajstić information content (AvgIpc) is 2.74. The molecule has 0 aromatic rings. The normalized spacial score (nSPS) is 37.4. The molecule has 16 heavy (non-hydrogen) atoms. The molecular weight excluding hydrogens is 210 g/mol. The lowest BCUT2D eigenvalue weighted by molar-refractivity contribution is -0.167. The minimum Gasteiger partial charge on any atom is -0.762 e. The Hall–Kier alpha value is -0.650. The fraction of sp³-hybridized carbons (Fsp3) is 0.909. The summed E-state index contributed by atoms with van der Waals surface area (Å²) >= 11 is 0. The van der Waals surface area contributed by atoms with Crippen LogP contribution in [0.4, 0.5) is 0 Å². The summed E-state index contributed by atoms with van der Waals surface area (Å²) in [7, 11) is 0. The fourth-order valence-electron chi connectivity index (χ4n) is 3.22. The van der Waals surface area contributed by atoms with E-state index in [1.807, 2.05) is 0 Å². The van der Waals surface area contributed by atoms with Gasteiger partial charge in [-0.05, 0) is 44.9 Å². The van der Waals surface area contributed by atoms with Crippen LogP contribution in [0.15, 0.2) is 0 Å². The molecule has 4 atom stereocenters. The summed E-state index contributed by atoms with van der Waals surface area (Å²) in [4.78, 5) is 11.9. The van der Waals surface area contributed by atoms with Crippen molar-refractivity contribution in [1.82, 2.24) is 5.23 Å². The molecule has 2 aliphatic carbocycles. The van der Waals surface area contributed by atoms with Crippen molar-refractivity contribution in [3.05, 3.63) is 5.21 Å². The fourth-order valence-corrected chi connectivity index (χ4v) is 3.22. The molecule has 2 saturated carbocycles. The highest BCUT2D eigenvalue weighted by atomic mass is 16.8. The molecule has 2 rings (SSSR count). The molecule has 5 nitrogen and oxygen atoms in total. The van der Waals surface area contributed by atoms with Crippen molar-refractivity contribution >= 4 is 5.97 Å². The summed E-state index contributed by atoms with van der Waals surface area (Å²) in [5.41, 5.74) is 0. The number of esters is 1. The van der Waals surface area contributed by atoms with Crippen LogP contribution < -0.4 is 0 Å². The van der Waals surface area contributed by atoms with Crippen molar-refractivity contribution in [3.8, 4) is 0 Å². The van der Waals surface area contributed by atoms with Crippen molar-refractivity contribution in [2.75, 3.05) is 0 Å². The lowest BCUT2D eigenvalue weighted by Crippen LogP contribution is -2.44. The maximum absolute atomic E-state index is 11.9. The van der Waals surface area contributed by atoms with Gasteiger partial charge in [-0.2, -0.15) is 0 Å². The lowest BCUT2D eigenvalue weighted by Gasteiger charge is -2.38. The van der Waals surface area contributed by atoms with E-state index in [1.165, 1.54) is 0 Å². The molecule has 92 valence electrons. The van der Waals surface area contributed by atoms with Crippen LogP contribution in [0, 0.1) is 23.0 Å². The summed E-state index contributed by atoms with van der Waals surface area (Å²) in [5.74, 6) is -0.409. The Morgan fingerprint density at radius 1 is 1.44 bits per heavy atom. The van der Waals surface area contributed by atoms with Crippen LogP contribution >= 0.6 is 0 Å². The molecule has 2 fully saturated rings. The van der Waals surface area contributed by atoms with Crippen molar-refractivity contribution in [2.24, 2.45) is 17.8 Å². The molecule has 0 aromatic carbocycles. The number of carbonyl (C=O) groups is 1. The van der Waals surface area contributed by atoms with Crippen LogP contribution in [0.25, 0.3) is 0 Å². The number of carbonyl (C=O) groups excluding carboxylic acids is 1. The summed E-state index contributed by atoms with van der Waals surface area (Å²) in [6, 6.07) is -0.593. The topological polar surface area (TPSA) is 72.8 Å². The smallest absolute Gasteiger partial charge is 0.311 e. The number of nitrogens with zero attached hydrogens (tertiary/aromatic N) is 1. The Morgan fingerprint density at radius 2 is 2.06 bits per heavy atom. The van der Waals surface area contributed by atoms with E-state index in [9.17, 15) is 10.0 Å². The number of rotatable bonds is 3. The Bertz CT molecular complexity index is 279. The Morgan fingerprint density at radius 3 is 2.62 bits per heavy atom. The summed E-state index contributed by atoms with van der Waals surface area (Å²) in [6.45, 7) is 3.57. The van der Waals surface area contributed by atoms with Gasteiger partial charge in [-0.3, -0.25) is 10.0 Å². The van der Waals surface area contributed by atoms with Crippen LogP contribution in [0.2, 0.25) is 0 Å². The monoisotopic (exact) mass is 228 g/mol. The number of hydrogen-bond acceptors (Lipinski definition) is 5. The number of ether oxygens (including phenoxy) is 1. The largest absolute Gasteiger partial charge is 0.762 e. The van der Waals surface area contributed by atoms with Gasteiger partial charge in [0, 0.05) is 6.04 Å². The highest BCUT2D eigenvalue weighted by Gasteiger charge is 2.52. The predicted octanol–water partition coefficient (Wildman–Crippen LogP) is 1.54. The summed E-state index contributed by atoms with van der Waals surface area (Å²) in [5, 5.41) is 20.2. The number of hydrogen-bond donors (Lipinski definition) is 1. The SMILES string of the molecule is CC(C)OC(=O)C1C2CCC(C2)C1N([O-])O. The van der Waals surface area contributed by atoms with Gasteiger partial charge in [-0.15, -0.1) is 0 Å². The predicted molar refractivity (Wildman–Crippen MR) is 56.3 cm³/mol. The Kier molecular flexibility index (Phi) is 3.19. The van der Waals surface area contributed by atoms with E-state index >= 15 is 0 Å². The molecule has 0 heterocycles. The third-order valence-corrected chi connectivity index (χ3v) is 3.75. The van der Waals surface area contributed by atoms with Crippen LogP contribution in [-0.2, 0) is 9.53 Å². The second-order valence-electron chi connectivity index (χ2n) is 5.14. The van der Waals surface area contributed by atoms with Crippen LogP contribution in [-0.4, -0.2) is 28.5 Å². The standard InChI is InChI=1S/C11H18NO4/c1-6(2)16-11(13)9-7-3-4-8(5-7)10(9)12(14)15/h6-10,14H,3-5H2,1-2H3/q-1. The van der Waals surface area contributed by atoms with Gasteiger partial charge in [-0.25, -0.2) is 0 Å². The molecule has 0 aromatic heterocycles. The maximum Gasteiger partial charge on any atom is 0.311 e. The van der Waals surface area contributed by atoms with Gasteiger partial charge >= 0.3 is 5.97 Å². The van der Waals surface area contributed by atoms with E-state index in [0.29, 0.717) is 0 Å². The Balaban J connectivity index is 2.09. The van der Waals surface area contributed by atoms with Gasteiger partial charge in [0.2, 0.25) is 0 Å². The third-order valence-electron chi connectivity index (χ3n) is 3.75. The van der Waals surface area contributed by atoms with Gasteiger partial charge < -0.3 is 15.2 Å². The van der Waals surface area contributed by atoms with E-state index in [4.69, 9.17) is 9.94 Å². The quantitative estimate of drug-likeness (QED) is 0.586. The van der Waals surface area contributed by atoms with Gasteiger partial charge in [0.1, 0.15) is 0 Å². The molecule has 2 aliphatic rings. The summed E-state index contributed by atoms with van der Waals surface area (Å²) in [6.07, 6.45) is 2.58. The van der Waals surface area contributed by atoms with Gasteiger partial charge in [-0.1, -0.05) is 0 Å². The zero-order valence-corrected chi connectivity index (χ0v) is 9.63. The second-order valence-corrected chi connectivity index (χ2v) is 5.14. The molecule has 2 bridgehead atoms. The van der Waals surface area contributed by atoms with E-state index < -0.39 is 12.0 Å². The number of hydroxylamine groups is 2. The molecule has 1 N–H and O–H groups in total. The highest BCUT2D eigenvalue weighted by molar-refractivity contribution is 5.74. The second kappa shape index (κ2) is 4.31. The first-order chi connectivity index (χ1) is 7.50. The van der Waals surface area contributed by atoms with Crippen molar-refractivity contribution < 1.29 is 14.7 Å². The lowest BCUT2D eigenvalue weighted by atomic mass is 9.85. The zero-order valence-electron chi connectivity index (χ0n) is 9.63. The van der Waals surface area contributed by atoms with E-state index in [1.54, 1.807) is 13.8 Å². The van der Waals surface area contributed by atoms with Crippen molar-refractivity contribution in [1.29, 1.82) is 0 Å².